The second-order valence-electron chi connectivity index (χ2n) is 3.78. The molecule has 6 heteroatoms. The van der Waals surface area contributed by atoms with Gasteiger partial charge in [-0.15, -0.1) is 0 Å². The molecule has 1 N–H and O–H groups in total. The Kier molecular flexibility index (Phi) is 5.29. The minimum atomic E-state index is -0.827. The fraction of sp³-hybridized carbons (Fsp3) is 0.462. The van der Waals surface area contributed by atoms with E-state index in [1.165, 1.54) is 0 Å². The van der Waals surface area contributed by atoms with Gasteiger partial charge in [0.1, 0.15) is 5.76 Å². The Morgan fingerprint density at radius 3 is 2.32 bits per heavy atom. The normalized spacial score (nSPS) is 15.7. The van der Waals surface area contributed by atoms with Gasteiger partial charge in [-0.25, -0.2) is 9.59 Å². The first kappa shape index (κ1) is 14.9. The van der Waals surface area contributed by atoms with Crippen LogP contribution in [0.2, 0.25) is 0 Å². The maximum Gasteiger partial charge on any atom is 0.339 e. The highest BCUT2D eigenvalue weighted by Crippen LogP contribution is 2.27. The highest BCUT2D eigenvalue weighted by Gasteiger charge is 2.31. The lowest BCUT2D eigenvalue weighted by molar-refractivity contribution is -0.140. The molecule has 0 aliphatic heterocycles. The third-order valence-electron chi connectivity index (χ3n) is 2.47. The van der Waals surface area contributed by atoms with E-state index in [2.05, 4.69) is 0 Å². The van der Waals surface area contributed by atoms with Crippen molar-refractivity contribution in [3.8, 4) is 0 Å². The molecule has 1 aliphatic carbocycles. The molecule has 0 unspecified atom stereocenters. The van der Waals surface area contributed by atoms with E-state index in [-0.39, 0.29) is 48.7 Å². The van der Waals surface area contributed by atoms with Crippen molar-refractivity contribution in [1.29, 1.82) is 0 Å². The number of hydrogen-bond acceptors (Lipinski definition) is 6. The molecule has 0 atom stereocenters. The molecule has 0 aromatic heterocycles. The Labute approximate surface area is 110 Å². The van der Waals surface area contributed by atoms with Gasteiger partial charge in [-0.2, -0.15) is 0 Å². The van der Waals surface area contributed by atoms with Gasteiger partial charge in [-0.3, -0.25) is 4.79 Å². The van der Waals surface area contributed by atoms with E-state index in [0.717, 1.165) is 6.08 Å². The Hall–Kier alpha value is -2.11. The van der Waals surface area contributed by atoms with E-state index in [1.54, 1.807) is 13.8 Å². The zero-order chi connectivity index (χ0) is 14.4. The number of ketones is 1. The van der Waals surface area contributed by atoms with E-state index in [4.69, 9.17) is 9.47 Å². The number of carbonyl (C=O) groups is 3. The number of hydrogen-bond donors (Lipinski definition) is 1. The molecule has 0 saturated heterocycles. The number of allylic oxidation sites excluding steroid dienone is 1. The second kappa shape index (κ2) is 6.72. The minimum absolute atomic E-state index is 0.0984. The molecule has 0 fully saturated rings. The van der Waals surface area contributed by atoms with Gasteiger partial charge in [0.2, 0.25) is 0 Å². The summed E-state index contributed by atoms with van der Waals surface area (Å²) < 4.78 is 9.47. The zero-order valence-electron chi connectivity index (χ0n) is 10.9. The van der Waals surface area contributed by atoms with E-state index in [0.29, 0.717) is 0 Å². The van der Waals surface area contributed by atoms with Crippen LogP contribution in [0.4, 0.5) is 0 Å². The maximum atomic E-state index is 11.8. The number of rotatable bonds is 5. The third kappa shape index (κ3) is 3.67. The molecule has 0 heterocycles. The molecule has 0 radical (unpaired) electrons. The van der Waals surface area contributed by atoms with Crippen molar-refractivity contribution in [3.63, 3.8) is 0 Å². The molecule has 0 amide bonds. The van der Waals surface area contributed by atoms with Crippen LogP contribution in [-0.2, 0) is 23.9 Å². The van der Waals surface area contributed by atoms with Crippen molar-refractivity contribution in [3.05, 3.63) is 23.0 Å². The molecule has 0 aromatic carbocycles. The van der Waals surface area contributed by atoms with E-state index < -0.39 is 11.9 Å². The van der Waals surface area contributed by atoms with Gasteiger partial charge < -0.3 is 14.6 Å². The molecule has 0 saturated carbocycles. The largest absolute Gasteiger partial charge is 0.512 e. The van der Waals surface area contributed by atoms with Crippen LogP contribution < -0.4 is 0 Å². The fourth-order valence-corrected chi connectivity index (χ4v) is 1.69. The standard InChI is InChI=1S/C13H16O6/c1-3-18-11(16)7-8(13(17)19-4-2)12-9(14)5-6-10(12)15/h7,14H,3-6H2,1-2H3/b8-7-. The molecule has 104 valence electrons. The second-order valence-corrected chi connectivity index (χ2v) is 3.78. The SMILES string of the molecule is CCOC(=O)/C=C(\C(=O)OCC)C1=C(O)CCC1=O. The lowest BCUT2D eigenvalue weighted by Gasteiger charge is -2.07. The van der Waals surface area contributed by atoms with E-state index >= 15 is 0 Å². The number of aliphatic hydroxyl groups excluding tert-OH is 1. The van der Waals surface area contributed by atoms with Crippen molar-refractivity contribution in [1.82, 2.24) is 0 Å². The van der Waals surface area contributed by atoms with Crippen molar-refractivity contribution in [2.45, 2.75) is 26.7 Å². The Balaban J connectivity index is 3.13. The number of esters is 2. The molecule has 0 aromatic rings. The molecule has 1 rings (SSSR count). The van der Waals surface area contributed by atoms with E-state index in [9.17, 15) is 19.5 Å². The van der Waals surface area contributed by atoms with Crippen molar-refractivity contribution in [2.24, 2.45) is 0 Å². The number of Topliss-reactive ketones (excluding diaryl/α,β-unsaturated/α-hetero) is 1. The van der Waals surface area contributed by atoms with Crippen molar-refractivity contribution in [2.75, 3.05) is 13.2 Å². The summed E-state index contributed by atoms with van der Waals surface area (Å²) in [4.78, 5) is 34.8. The minimum Gasteiger partial charge on any atom is -0.512 e. The predicted molar refractivity (Wildman–Crippen MR) is 65.2 cm³/mol. The molecule has 1 aliphatic rings. The summed E-state index contributed by atoms with van der Waals surface area (Å²) in [7, 11) is 0. The zero-order valence-corrected chi connectivity index (χ0v) is 10.9. The Morgan fingerprint density at radius 2 is 1.84 bits per heavy atom. The summed E-state index contributed by atoms with van der Waals surface area (Å²) in [5.74, 6) is -2.17. The van der Waals surface area contributed by atoms with Gasteiger partial charge in [0.05, 0.1) is 24.4 Å². The fourth-order valence-electron chi connectivity index (χ4n) is 1.69. The van der Waals surface area contributed by atoms with Crippen LogP contribution >= 0.6 is 0 Å². The lowest BCUT2D eigenvalue weighted by Crippen LogP contribution is -2.16. The molecule has 19 heavy (non-hydrogen) atoms. The summed E-state index contributed by atoms with van der Waals surface area (Å²) in [6.07, 6.45) is 1.16. The smallest absolute Gasteiger partial charge is 0.339 e. The third-order valence-corrected chi connectivity index (χ3v) is 2.47. The highest BCUT2D eigenvalue weighted by molar-refractivity contribution is 6.13. The quantitative estimate of drug-likeness (QED) is 0.595. The van der Waals surface area contributed by atoms with Gasteiger partial charge >= 0.3 is 11.9 Å². The van der Waals surface area contributed by atoms with Crippen molar-refractivity contribution < 1.29 is 29.0 Å². The first-order valence-electron chi connectivity index (χ1n) is 6.02. The summed E-state index contributed by atoms with van der Waals surface area (Å²) in [6, 6.07) is 0. The average Bonchev–Trinajstić information content (AvgIpc) is 2.67. The Morgan fingerprint density at radius 1 is 1.21 bits per heavy atom. The average molecular weight is 268 g/mol. The number of aliphatic hydroxyl groups is 1. The highest BCUT2D eigenvalue weighted by atomic mass is 16.5. The molecule has 0 bridgehead atoms. The topological polar surface area (TPSA) is 89.9 Å². The summed E-state index contributed by atoms with van der Waals surface area (Å²) in [5.41, 5.74) is -0.396. The Bertz CT molecular complexity index is 458. The summed E-state index contributed by atoms with van der Waals surface area (Å²) in [6.45, 7) is 3.46. The molecule has 6 nitrogen and oxygen atoms in total. The summed E-state index contributed by atoms with van der Waals surface area (Å²) >= 11 is 0. The van der Waals surface area contributed by atoms with Gasteiger partial charge in [0.25, 0.3) is 0 Å². The first-order valence-corrected chi connectivity index (χ1v) is 6.02. The summed E-state index contributed by atoms with van der Waals surface area (Å²) in [5, 5.41) is 9.65. The number of carbonyl (C=O) groups excluding carboxylic acids is 3. The molecular formula is C13H16O6. The monoisotopic (exact) mass is 268 g/mol. The number of ether oxygens (including phenoxy) is 2. The lowest BCUT2D eigenvalue weighted by atomic mass is 10.0. The van der Waals surface area contributed by atoms with Crippen LogP contribution in [0.25, 0.3) is 0 Å². The van der Waals surface area contributed by atoms with Crippen LogP contribution in [0.15, 0.2) is 23.0 Å². The van der Waals surface area contributed by atoms with Crippen molar-refractivity contribution >= 4 is 17.7 Å². The van der Waals surface area contributed by atoms with Gasteiger partial charge in [0.15, 0.2) is 5.78 Å². The predicted octanol–water partition coefficient (Wildman–Crippen LogP) is 1.21. The van der Waals surface area contributed by atoms with Crippen LogP contribution in [0.5, 0.6) is 0 Å². The first-order chi connectivity index (χ1) is 9.01. The van der Waals surface area contributed by atoms with E-state index in [1.807, 2.05) is 0 Å². The molecular weight excluding hydrogens is 252 g/mol. The maximum absolute atomic E-state index is 11.8. The van der Waals surface area contributed by atoms with Gasteiger partial charge in [-0.05, 0) is 13.8 Å². The van der Waals surface area contributed by atoms with Crippen LogP contribution in [0.3, 0.4) is 0 Å². The van der Waals surface area contributed by atoms with Gasteiger partial charge in [0, 0.05) is 18.9 Å². The van der Waals surface area contributed by atoms with Crippen LogP contribution in [-0.4, -0.2) is 36.0 Å². The van der Waals surface area contributed by atoms with Crippen LogP contribution in [0.1, 0.15) is 26.7 Å². The van der Waals surface area contributed by atoms with Crippen LogP contribution in [0, 0.1) is 0 Å². The molecule has 0 spiro atoms. The van der Waals surface area contributed by atoms with Gasteiger partial charge in [-0.1, -0.05) is 0 Å².